The summed E-state index contributed by atoms with van der Waals surface area (Å²) in [6, 6.07) is 23.5. The lowest BCUT2D eigenvalue weighted by atomic mass is 10.0. The molecule has 9 heteroatoms. The molecule has 3 aromatic rings. The number of sulfonamides is 1. The summed E-state index contributed by atoms with van der Waals surface area (Å²) in [6.07, 6.45) is 3.45. The van der Waals surface area contributed by atoms with Crippen molar-refractivity contribution in [3.05, 3.63) is 101 Å². The Morgan fingerprint density at radius 3 is 2.14 bits per heavy atom. The van der Waals surface area contributed by atoms with Crippen molar-refractivity contribution in [2.45, 2.75) is 71.5 Å². The van der Waals surface area contributed by atoms with E-state index < -0.39 is 16.1 Å². The highest BCUT2D eigenvalue weighted by molar-refractivity contribution is 7.92. The number of carbonyl (C=O) groups excluding carboxylic acids is 2. The molecule has 0 aromatic heterocycles. The molecule has 226 valence electrons. The number of halogens is 1. The standard InChI is InChI=1S/C33H42ClN3O4S/c1-5-25(3)35-33(39)31(23-27-13-8-7-9-14-27)36(24-28-15-10-11-16-30(28)34)32(38)17-12-22-37(42(4,40)41)29-20-18-26(6-2)19-21-29/h7-11,13-16,18-21,25,31H,5-6,12,17,22-24H2,1-4H3,(H,35,39)/t25-,31-/m1/s1. The molecule has 0 aliphatic rings. The maximum absolute atomic E-state index is 13.9. The van der Waals surface area contributed by atoms with Crippen molar-refractivity contribution in [2.24, 2.45) is 0 Å². The molecule has 3 aromatic carbocycles. The molecule has 0 saturated carbocycles. The Kier molecular flexibility index (Phi) is 12.4. The van der Waals surface area contributed by atoms with Gasteiger partial charge in [-0.05, 0) is 61.1 Å². The number of amides is 2. The summed E-state index contributed by atoms with van der Waals surface area (Å²) in [4.78, 5) is 29.2. The van der Waals surface area contributed by atoms with Crippen LogP contribution in [0.4, 0.5) is 5.69 Å². The van der Waals surface area contributed by atoms with Crippen LogP contribution in [0.25, 0.3) is 0 Å². The molecule has 2 atom stereocenters. The minimum atomic E-state index is -3.57. The van der Waals surface area contributed by atoms with E-state index in [0.29, 0.717) is 17.1 Å². The van der Waals surface area contributed by atoms with E-state index in [9.17, 15) is 18.0 Å². The molecule has 0 aliphatic heterocycles. The van der Waals surface area contributed by atoms with Gasteiger partial charge in [-0.3, -0.25) is 13.9 Å². The lowest BCUT2D eigenvalue weighted by molar-refractivity contribution is -0.141. The van der Waals surface area contributed by atoms with Crippen LogP contribution in [0.2, 0.25) is 5.02 Å². The van der Waals surface area contributed by atoms with E-state index in [2.05, 4.69) is 5.32 Å². The minimum Gasteiger partial charge on any atom is -0.352 e. The van der Waals surface area contributed by atoms with Gasteiger partial charge < -0.3 is 10.2 Å². The first-order chi connectivity index (χ1) is 20.0. The fourth-order valence-corrected chi connectivity index (χ4v) is 5.87. The monoisotopic (exact) mass is 611 g/mol. The molecule has 0 radical (unpaired) electrons. The highest BCUT2D eigenvalue weighted by atomic mass is 35.5. The lowest BCUT2D eigenvalue weighted by Crippen LogP contribution is -2.52. The van der Waals surface area contributed by atoms with Gasteiger partial charge in [0.2, 0.25) is 21.8 Å². The van der Waals surface area contributed by atoms with Crippen LogP contribution >= 0.6 is 11.6 Å². The van der Waals surface area contributed by atoms with E-state index in [1.807, 2.05) is 81.4 Å². The largest absolute Gasteiger partial charge is 0.352 e. The lowest BCUT2D eigenvalue weighted by Gasteiger charge is -2.33. The summed E-state index contributed by atoms with van der Waals surface area (Å²) >= 11 is 6.50. The van der Waals surface area contributed by atoms with Gasteiger partial charge in [-0.2, -0.15) is 0 Å². The number of nitrogens with one attached hydrogen (secondary N) is 1. The molecule has 2 amide bonds. The van der Waals surface area contributed by atoms with Gasteiger partial charge >= 0.3 is 0 Å². The Balaban J connectivity index is 1.89. The summed E-state index contributed by atoms with van der Waals surface area (Å²) in [5, 5.41) is 3.57. The topological polar surface area (TPSA) is 86.8 Å². The number of nitrogens with zero attached hydrogens (tertiary/aromatic N) is 2. The normalized spacial score (nSPS) is 12.8. The molecule has 0 fully saturated rings. The Morgan fingerprint density at radius 2 is 1.55 bits per heavy atom. The summed E-state index contributed by atoms with van der Waals surface area (Å²) in [7, 11) is -3.57. The van der Waals surface area contributed by atoms with Crippen LogP contribution in [-0.2, 0) is 39.0 Å². The molecule has 0 aliphatic carbocycles. The van der Waals surface area contributed by atoms with E-state index in [0.717, 1.165) is 29.5 Å². The molecule has 3 rings (SSSR count). The van der Waals surface area contributed by atoms with Crippen LogP contribution in [-0.4, -0.2) is 50.0 Å². The Hall–Kier alpha value is -3.36. The number of carbonyl (C=O) groups is 2. The second kappa shape index (κ2) is 15.8. The van der Waals surface area contributed by atoms with Crippen LogP contribution in [0.5, 0.6) is 0 Å². The summed E-state index contributed by atoms with van der Waals surface area (Å²) in [6.45, 7) is 6.26. The van der Waals surface area contributed by atoms with Gasteiger partial charge in [-0.15, -0.1) is 0 Å². The van der Waals surface area contributed by atoms with E-state index in [-0.39, 0.29) is 43.8 Å². The quantitative estimate of drug-likeness (QED) is 0.228. The van der Waals surface area contributed by atoms with Gasteiger partial charge in [-0.1, -0.05) is 86.1 Å². The second-order valence-electron chi connectivity index (χ2n) is 10.6. The van der Waals surface area contributed by atoms with E-state index >= 15 is 0 Å². The third-order valence-corrected chi connectivity index (χ3v) is 8.92. The first kappa shape index (κ1) is 33.1. The highest BCUT2D eigenvalue weighted by Crippen LogP contribution is 2.23. The molecule has 0 spiro atoms. The molecule has 7 nitrogen and oxygen atoms in total. The number of hydrogen-bond donors (Lipinski definition) is 1. The number of rotatable bonds is 15. The Bertz CT molecular complexity index is 1410. The SMILES string of the molecule is CCc1ccc(N(CCCC(=O)N(Cc2ccccc2Cl)[C@H](Cc2ccccc2)C(=O)N[C@H](C)CC)S(C)(=O)=O)cc1. The zero-order valence-electron chi connectivity index (χ0n) is 24.9. The Labute approximate surface area is 255 Å². The predicted molar refractivity (Wildman–Crippen MR) is 171 cm³/mol. The molecule has 1 N–H and O–H groups in total. The van der Waals surface area contributed by atoms with Crippen LogP contribution in [0.3, 0.4) is 0 Å². The average molecular weight is 612 g/mol. The van der Waals surface area contributed by atoms with Gasteiger partial charge in [0.15, 0.2) is 0 Å². The van der Waals surface area contributed by atoms with Crippen LogP contribution in [0.1, 0.15) is 56.7 Å². The minimum absolute atomic E-state index is 0.0598. The van der Waals surface area contributed by atoms with E-state index in [4.69, 9.17) is 11.6 Å². The maximum Gasteiger partial charge on any atom is 0.243 e. The number of benzene rings is 3. The zero-order chi connectivity index (χ0) is 30.7. The molecule has 0 unspecified atom stereocenters. The van der Waals surface area contributed by atoms with Crippen LogP contribution in [0, 0.1) is 0 Å². The molecule has 42 heavy (non-hydrogen) atoms. The van der Waals surface area contributed by atoms with Crippen molar-refractivity contribution in [2.75, 3.05) is 17.1 Å². The van der Waals surface area contributed by atoms with Gasteiger partial charge in [0.1, 0.15) is 6.04 Å². The zero-order valence-corrected chi connectivity index (χ0v) is 26.5. The summed E-state index contributed by atoms with van der Waals surface area (Å²) in [5.74, 6) is -0.479. The van der Waals surface area contributed by atoms with Crippen molar-refractivity contribution in [1.82, 2.24) is 10.2 Å². The van der Waals surface area contributed by atoms with Crippen molar-refractivity contribution in [3.63, 3.8) is 0 Å². The number of hydrogen-bond acceptors (Lipinski definition) is 4. The third kappa shape index (κ3) is 9.60. The average Bonchev–Trinajstić information content (AvgIpc) is 2.97. The first-order valence-corrected chi connectivity index (χ1v) is 16.7. The van der Waals surface area contributed by atoms with Gasteiger partial charge in [0, 0.05) is 37.0 Å². The van der Waals surface area contributed by atoms with E-state index in [1.54, 1.807) is 23.1 Å². The maximum atomic E-state index is 13.9. The molecule has 0 heterocycles. The van der Waals surface area contributed by atoms with Gasteiger partial charge in [-0.25, -0.2) is 8.42 Å². The highest BCUT2D eigenvalue weighted by Gasteiger charge is 2.31. The molecule has 0 bridgehead atoms. The second-order valence-corrected chi connectivity index (χ2v) is 12.9. The number of aryl methyl sites for hydroxylation is 1. The van der Waals surface area contributed by atoms with Crippen molar-refractivity contribution < 1.29 is 18.0 Å². The molecule has 0 saturated heterocycles. The van der Waals surface area contributed by atoms with E-state index in [1.165, 1.54) is 10.6 Å². The third-order valence-electron chi connectivity index (χ3n) is 7.36. The summed E-state index contributed by atoms with van der Waals surface area (Å²) < 4.78 is 26.7. The smallest absolute Gasteiger partial charge is 0.243 e. The molecular formula is C33H42ClN3O4S. The number of anilines is 1. The van der Waals surface area contributed by atoms with Crippen molar-refractivity contribution >= 4 is 39.1 Å². The summed E-state index contributed by atoms with van der Waals surface area (Å²) in [5.41, 5.74) is 3.33. The molecular weight excluding hydrogens is 570 g/mol. The predicted octanol–water partition coefficient (Wildman–Crippen LogP) is 6.00. The van der Waals surface area contributed by atoms with Gasteiger partial charge in [0.25, 0.3) is 0 Å². The first-order valence-electron chi connectivity index (χ1n) is 14.5. The van der Waals surface area contributed by atoms with Crippen molar-refractivity contribution in [1.29, 1.82) is 0 Å². The van der Waals surface area contributed by atoms with Crippen molar-refractivity contribution in [3.8, 4) is 0 Å². The van der Waals surface area contributed by atoms with Gasteiger partial charge in [0.05, 0.1) is 11.9 Å². The van der Waals surface area contributed by atoms with Crippen LogP contribution in [0.15, 0.2) is 78.9 Å². The fraction of sp³-hybridized carbons (Fsp3) is 0.394. The Morgan fingerprint density at radius 1 is 0.905 bits per heavy atom. The fourth-order valence-electron chi connectivity index (χ4n) is 4.71. The van der Waals surface area contributed by atoms with Crippen LogP contribution < -0.4 is 9.62 Å².